The monoisotopic (exact) mass is 231 g/mol. The van der Waals surface area contributed by atoms with E-state index in [1.807, 2.05) is 6.07 Å². The minimum absolute atomic E-state index is 0.189. The normalized spacial score (nSPS) is 10.2. The highest BCUT2D eigenvalue weighted by molar-refractivity contribution is 5.91. The second kappa shape index (κ2) is 4.69. The molecule has 2 N–H and O–H groups in total. The van der Waals surface area contributed by atoms with Crippen molar-refractivity contribution in [1.29, 1.82) is 0 Å². The summed E-state index contributed by atoms with van der Waals surface area (Å²) in [7, 11) is 1.80. The van der Waals surface area contributed by atoms with Crippen molar-refractivity contribution >= 4 is 5.91 Å². The molecule has 2 aromatic rings. The average Bonchev–Trinajstić information content (AvgIpc) is 2.73. The van der Waals surface area contributed by atoms with E-state index in [1.54, 1.807) is 42.3 Å². The minimum atomic E-state index is -0.228. The first-order chi connectivity index (χ1) is 8.15. The molecule has 5 heteroatoms. The molecule has 0 aliphatic rings. The summed E-state index contributed by atoms with van der Waals surface area (Å²) in [6, 6.07) is 6.76. The Balaban J connectivity index is 1.97. The third-order valence-electron chi connectivity index (χ3n) is 2.30. The van der Waals surface area contributed by atoms with E-state index in [1.165, 1.54) is 0 Å². The number of nitrogens with zero attached hydrogens (tertiary/aromatic N) is 2. The number of hydrogen-bond donors (Lipinski definition) is 2. The maximum atomic E-state index is 11.7. The molecule has 0 bridgehead atoms. The Labute approximate surface area is 98.7 Å². The van der Waals surface area contributed by atoms with Crippen LogP contribution in [0.4, 0.5) is 0 Å². The van der Waals surface area contributed by atoms with Gasteiger partial charge in [-0.2, -0.15) is 0 Å². The van der Waals surface area contributed by atoms with Crippen LogP contribution in [-0.2, 0) is 13.6 Å². The number of aromatic nitrogens is 2. The van der Waals surface area contributed by atoms with Crippen molar-refractivity contribution in [1.82, 2.24) is 14.9 Å². The summed E-state index contributed by atoms with van der Waals surface area (Å²) >= 11 is 0. The lowest BCUT2D eigenvalue weighted by atomic mass is 10.2. The molecule has 88 valence electrons. The Morgan fingerprint density at radius 3 is 3.00 bits per heavy atom. The summed E-state index contributed by atoms with van der Waals surface area (Å²) in [4.78, 5) is 15.6. The fraction of sp³-hybridized carbons (Fsp3) is 0.167. The van der Waals surface area contributed by atoms with Crippen LogP contribution in [0.5, 0.6) is 5.75 Å². The summed E-state index contributed by atoms with van der Waals surface area (Å²) in [5.41, 5.74) is 1.22. The van der Waals surface area contributed by atoms with Gasteiger partial charge in [-0.1, -0.05) is 12.1 Å². The Bertz CT molecular complexity index is 534. The fourth-order valence-electron chi connectivity index (χ4n) is 1.47. The van der Waals surface area contributed by atoms with Gasteiger partial charge in [-0.05, 0) is 17.7 Å². The Kier molecular flexibility index (Phi) is 3.09. The topological polar surface area (TPSA) is 67.2 Å². The molecule has 0 aliphatic carbocycles. The van der Waals surface area contributed by atoms with E-state index in [9.17, 15) is 9.90 Å². The van der Waals surface area contributed by atoms with Crippen LogP contribution in [0.25, 0.3) is 0 Å². The van der Waals surface area contributed by atoms with Gasteiger partial charge in [0, 0.05) is 19.8 Å². The van der Waals surface area contributed by atoms with Crippen LogP contribution in [0.2, 0.25) is 0 Å². The van der Waals surface area contributed by atoms with Gasteiger partial charge >= 0.3 is 0 Å². The highest BCUT2D eigenvalue weighted by Crippen LogP contribution is 2.10. The molecule has 0 aliphatic heterocycles. The van der Waals surface area contributed by atoms with E-state index < -0.39 is 0 Å². The second-order valence-electron chi connectivity index (χ2n) is 3.78. The molecule has 1 aromatic carbocycles. The number of phenolic OH excluding ortho intramolecular Hbond substituents is 1. The van der Waals surface area contributed by atoms with E-state index in [0.29, 0.717) is 12.2 Å². The number of amides is 1. The lowest BCUT2D eigenvalue weighted by molar-refractivity contribution is 0.0946. The van der Waals surface area contributed by atoms with Gasteiger partial charge in [0.25, 0.3) is 5.91 Å². The number of aromatic hydroxyl groups is 1. The van der Waals surface area contributed by atoms with Crippen molar-refractivity contribution in [3.63, 3.8) is 0 Å². The average molecular weight is 231 g/mol. The largest absolute Gasteiger partial charge is 0.508 e. The summed E-state index contributed by atoms with van der Waals surface area (Å²) in [6.07, 6.45) is 3.22. The number of benzene rings is 1. The van der Waals surface area contributed by atoms with Crippen molar-refractivity contribution in [2.45, 2.75) is 6.54 Å². The Morgan fingerprint density at radius 1 is 1.53 bits per heavy atom. The third-order valence-corrected chi connectivity index (χ3v) is 2.30. The van der Waals surface area contributed by atoms with Gasteiger partial charge in [0.1, 0.15) is 11.4 Å². The molecular weight excluding hydrogens is 218 g/mol. The lowest BCUT2D eigenvalue weighted by Gasteiger charge is -2.03. The molecular formula is C12H13N3O2. The van der Waals surface area contributed by atoms with E-state index in [4.69, 9.17) is 0 Å². The maximum Gasteiger partial charge on any atom is 0.271 e. The molecule has 1 heterocycles. The lowest BCUT2D eigenvalue weighted by Crippen LogP contribution is -2.23. The molecule has 0 saturated heterocycles. The number of carbonyl (C=O) groups excluding carboxylic acids is 1. The first-order valence-corrected chi connectivity index (χ1v) is 5.19. The summed E-state index contributed by atoms with van der Waals surface area (Å²) < 4.78 is 1.71. The number of phenols is 1. The van der Waals surface area contributed by atoms with Crippen LogP contribution >= 0.6 is 0 Å². The zero-order valence-corrected chi connectivity index (χ0v) is 9.42. The zero-order chi connectivity index (χ0) is 12.3. The molecule has 1 amide bonds. The Hall–Kier alpha value is -2.30. The van der Waals surface area contributed by atoms with Crippen molar-refractivity contribution in [3.05, 3.63) is 48.0 Å². The molecule has 0 atom stereocenters. The van der Waals surface area contributed by atoms with E-state index in [-0.39, 0.29) is 11.7 Å². The zero-order valence-electron chi connectivity index (χ0n) is 9.42. The maximum absolute atomic E-state index is 11.7. The number of aryl methyl sites for hydroxylation is 1. The molecule has 0 spiro atoms. The van der Waals surface area contributed by atoms with Crippen LogP contribution in [0.15, 0.2) is 36.8 Å². The number of imidazole rings is 1. The van der Waals surface area contributed by atoms with Gasteiger partial charge in [0.05, 0.1) is 6.33 Å². The summed E-state index contributed by atoms with van der Waals surface area (Å²) in [6.45, 7) is 0.365. The summed E-state index contributed by atoms with van der Waals surface area (Å²) in [5.74, 6) is -0.0384. The predicted octanol–water partition coefficient (Wildman–Crippen LogP) is 1.06. The third kappa shape index (κ3) is 2.84. The van der Waals surface area contributed by atoms with Crippen LogP contribution in [0.1, 0.15) is 16.1 Å². The van der Waals surface area contributed by atoms with E-state index in [0.717, 1.165) is 5.56 Å². The van der Waals surface area contributed by atoms with Crippen LogP contribution in [0, 0.1) is 0 Å². The SMILES string of the molecule is Cn1cnc(C(=O)NCc2cccc(O)c2)c1. The minimum Gasteiger partial charge on any atom is -0.508 e. The van der Waals surface area contributed by atoms with Crippen molar-refractivity contribution in [3.8, 4) is 5.75 Å². The molecule has 0 fully saturated rings. The van der Waals surface area contributed by atoms with Gasteiger partial charge in [0.15, 0.2) is 0 Å². The quantitative estimate of drug-likeness (QED) is 0.829. The highest BCUT2D eigenvalue weighted by atomic mass is 16.3. The molecule has 17 heavy (non-hydrogen) atoms. The summed E-state index contributed by atoms with van der Waals surface area (Å²) in [5, 5.41) is 12.0. The number of hydrogen-bond acceptors (Lipinski definition) is 3. The molecule has 0 saturated carbocycles. The molecule has 1 aromatic heterocycles. The molecule has 2 rings (SSSR count). The highest BCUT2D eigenvalue weighted by Gasteiger charge is 2.07. The van der Waals surface area contributed by atoms with Gasteiger partial charge in [-0.25, -0.2) is 4.98 Å². The van der Waals surface area contributed by atoms with Gasteiger partial charge in [-0.3, -0.25) is 4.79 Å². The van der Waals surface area contributed by atoms with Crippen molar-refractivity contribution in [2.24, 2.45) is 7.05 Å². The van der Waals surface area contributed by atoms with Crippen molar-refractivity contribution < 1.29 is 9.90 Å². The molecule has 5 nitrogen and oxygen atoms in total. The number of rotatable bonds is 3. The van der Waals surface area contributed by atoms with Crippen LogP contribution < -0.4 is 5.32 Å². The van der Waals surface area contributed by atoms with Gasteiger partial charge in [0.2, 0.25) is 0 Å². The molecule has 0 radical (unpaired) electrons. The second-order valence-corrected chi connectivity index (χ2v) is 3.78. The fourth-order valence-corrected chi connectivity index (χ4v) is 1.47. The van der Waals surface area contributed by atoms with Gasteiger partial charge < -0.3 is 15.0 Å². The molecule has 0 unspecified atom stereocenters. The van der Waals surface area contributed by atoms with Crippen LogP contribution in [-0.4, -0.2) is 20.6 Å². The first-order valence-electron chi connectivity index (χ1n) is 5.19. The first kappa shape index (κ1) is 11.2. The smallest absolute Gasteiger partial charge is 0.271 e. The number of carbonyl (C=O) groups is 1. The van der Waals surface area contributed by atoms with E-state index >= 15 is 0 Å². The predicted molar refractivity (Wildman–Crippen MR) is 62.5 cm³/mol. The standard InChI is InChI=1S/C12H13N3O2/c1-15-7-11(14-8-15)12(17)13-6-9-3-2-4-10(16)5-9/h2-5,7-8,16H,6H2,1H3,(H,13,17). The van der Waals surface area contributed by atoms with Gasteiger partial charge in [-0.15, -0.1) is 0 Å². The van der Waals surface area contributed by atoms with E-state index in [2.05, 4.69) is 10.3 Å². The Morgan fingerprint density at radius 2 is 2.35 bits per heavy atom. The van der Waals surface area contributed by atoms with Crippen molar-refractivity contribution in [2.75, 3.05) is 0 Å². The van der Waals surface area contributed by atoms with Crippen LogP contribution in [0.3, 0.4) is 0 Å². The number of nitrogens with one attached hydrogen (secondary N) is 1.